The molecule has 7 nitrogen and oxygen atoms in total. The molecule has 29 heavy (non-hydrogen) atoms. The fourth-order valence-corrected chi connectivity index (χ4v) is 3.62. The van der Waals surface area contributed by atoms with E-state index in [9.17, 15) is 4.79 Å². The van der Waals surface area contributed by atoms with Crippen LogP contribution in [-0.4, -0.2) is 27.8 Å². The van der Waals surface area contributed by atoms with Gasteiger partial charge in [0, 0.05) is 11.4 Å². The molecule has 3 aromatic rings. The zero-order chi connectivity index (χ0) is 20.5. The molecule has 2 N–H and O–H groups in total. The number of fused-ring (bicyclic) bond motifs is 1. The summed E-state index contributed by atoms with van der Waals surface area (Å²) in [6.45, 7) is 5.90. The van der Waals surface area contributed by atoms with Crippen molar-refractivity contribution in [1.82, 2.24) is 14.8 Å². The summed E-state index contributed by atoms with van der Waals surface area (Å²) >= 11 is 0. The summed E-state index contributed by atoms with van der Waals surface area (Å²) in [7, 11) is 1.63. The van der Waals surface area contributed by atoms with E-state index in [-0.39, 0.29) is 5.91 Å². The van der Waals surface area contributed by atoms with Gasteiger partial charge in [0.2, 0.25) is 5.95 Å². The van der Waals surface area contributed by atoms with Gasteiger partial charge in [0.1, 0.15) is 18.1 Å². The molecule has 7 heteroatoms. The third-order valence-corrected chi connectivity index (χ3v) is 5.10. The molecule has 2 heterocycles. The number of methoxy groups -OCH3 is 1. The van der Waals surface area contributed by atoms with Gasteiger partial charge in [-0.3, -0.25) is 4.79 Å². The van der Waals surface area contributed by atoms with Crippen molar-refractivity contribution in [2.24, 2.45) is 0 Å². The topological polar surface area (TPSA) is 81.1 Å². The summed E-state index contributed by atoms with van der Waals surface area (Å²) in [5.41, 5.74) is 5.21. The number of amides is 1. The third-order valence-electron chi connectivity index (χ3n) is 5.10. The lowest BCUT2D eigenvalue weighted by atomic mass is 9.94. The van der Waals surface area contributed by atoms with Gasteiger partial charge in [-0.2, -0.15) is 10.1 Å². The quantitative estimate of drug-likeness (QED) is 0.709. The number of aryl methyl sites for hydroxylation is 2. The summed E-state index contributed by atoms with van der Waals surface area (Å²) in [5.74, 6) is 1.18. The average Bonchev–Trinajstić information content (AvgIpc) is 3.17. The molecule has 0 bridgehead atoms. The normalized spacial score (nSPS) is 15.5. The summed E-state index contributed by atoms with van der Waals surface area (Å²) in [6, 6.07) is 13.2. The number of carbonyl (C=O) groups excluding carboxylic acids is 1. The number of rotatable bonds is 4. The zero-order valence-corrected chi connectivity index (χ0v) is 16.9. The van der Waals surface area contributed by atoms with Crippen LogP contribution in [0.3, 0.4) is 0 Å². The Morgan fingerprint density at radius 2 is 1.90 bits per heavy atom. The van der Waals surface area contributed by atoms with Crippen LogP contribution in [0.2, 0.25) is 0 Å². The highest BCUT2D eigenvalue weighted by atomic mass is 16.5. The van der Waals surface area contributed by atoms with Crippen LogP contribution in [0.25, 0.3) is 0 Å². The van der Waals surface area contributed by atoms with Crippen LogP contribution < -0.4 is 15.4 Å². The number of anilines is 2. The molecule has 1 aliphatic heterocycles. The Kier molecular flexibility index (Phi) is 4.80. The predicted octanol–water partition coefficient (Wildman–Crippen LogP) is 3.83. The van der Waals surface area contributed by atoms with E-state index in [1.807, 2.05) is 63.2 Å². The van der Waals surface area contributed by atoms with Crippen LogP contribution >= 0.6 is 0 Å². The molecule has 148 valence electrons. The number of allylic oxidation sites excluding steroid dienone is 1. The van der Waals surface area contributed by atoms with Crippen molar-refractivity contribution in [3.05, 3.63) is 76.8 Å². The summed E-state index contributed by atoms with van der Waals surface area (Å²) < 4.78 is 7.00. The molecule has 1 aromatic heterocycles. The Bertz CT molecular complexity index is 1100. The van der Waals surface area contributed by atoms with Gasteiger partial charge >= 0.3 is 0 Å². The molecular formula is C22H23N5O2. The molecular weight excluding hydrogens is 366 g/mol. The minimum absolute atomic E-state index is 0.177. The van der Waals surface area contributed by atoms with Crippen LogP contribution in [0.1, 0.15) is 29.7 Å². The fraction of sp³-hybridized carbons (Fsp3) is 0.227. The lowest BCUT2D eigenvalue weighted by Gasteiger charge is -2.29. The Balaban J connectivity index is 1.75. The molecule has 0 fully saturated rings. The first-order chi connectivity index (χ1) is 14.0. The van der Waals surface area contributed by atoms with Gasteiger partial charge in [0.15, 0.2) is 0 Å². The van der Waals surface area contributed by atoms with E-state index in [1.54, 1.807) is 11.8 Å². The number of hydrogen-bond acceptors (Lipinski definition) is 5. The monoisotopic (exact) mass is 389 g/mol. The van der Waals surface area contributed by atoms with Crippen molar-refractivity contribution in [2.75, 3.05) is 17.7 Å². The SMILES string of the molecule is COc1ccc([C@@H]2C(C(=O)Nc3ccc(C)cc3C)=C(C)Nc3ncnn32)cc1. The van der Waals surface area contributed by atoms with Crippen molar-refractivity contribution in [3.63, 3.8) is 0 Å². The van der Waals surface area contributed by atoms with E-state index < -0.39 is 6.04 Å². The Morgan fingerprint density at radius 3 is 2.59 bits per heavy atom. The van der Waals surface area contributed by atoms with Crippen LogP contribution in [0.15, 0.2) is 60.1 Å². The number of benzene rings is 2. The van der Waals surface area contributed by atoms with Gasteiger partial charge < -0.3 is 15.4 Å². The summed E-state index contributed by atoms with van der Waals surface area (Å²) in [4.78, 5) is 17.6. The van der Waals surface area contributed by atoms with Crippen molar-refractivity contribution in [2.45, 2.75) is 26.8 Å². The van der Waals surface area contributed by atoms with Gasteiger partial charge in [0.05, 0.1) is 12.7 Å². The molecule has 1 atom stereocenters. The lowest BCUT2D eigenvalue weighted by molar-refractivity contribution is -0.113. The molecule has 4 rings (SSSR count). The van der Waals surface area contributed by atoms with Crippen molar-refractivity contribution in [1.29, 1.82) is 0 Å². The van der Waals surface area contributed by atoms with Gasteiger partial charge in [-0.1, -0.05) is 29.8 Å². The van der Waals surface area contributed by atoms with E-state index >= 15 is 0 Å². The van der Waals surface area contributed by atoms with Crippen LogP contribution in [-0.2, 0) is 4.79 Å². The zero-order valence-electron chi connectivity index (χ0n) is 16.9. The summed E-state index contributed by atoms with van der Waals surface area (Å²) in [5, 5.41) is 10.6. The molecule has 0 saturated carbocycles. The maximum absolute atomic E-state index is 13.4. The molecule has 2 aromatic carbocycles. The highest BCUT2D eigenvalue weighted by molar-refractivity contribution is 6.06. The first-order valence-electron chi connectivity index (χ1n) is 9.38. The van der Waals surface area contributed by atoms with Gasteiger partial charge in [-0.25, -0.2) is 4.68 Å². The standard InChI is InChI=1S/C22H23N5O2/c1-13-5-10-18(14(2)11-13)26-21(28)19-15(3)25-22-23-12-24-27(22)20(19)16-6-8-17(29-4)9-7-16/h5-12,20H,1-4H3,(H,26,28)(H,23,24,25)/t20-/m1/s1. The Labute approximate surface area is 169 Å². The minimum atomic E-state index is -0.398. The Hall–Kier alpha value is -3.61. The number of aromatic nitrogens is 3. The number of nitrogens with one attached hydrogen (secondary N) is 2. The van der Waals surface area contributed by atoms with E-state index in [0.717, 1.165) is 33.8 Å². The van der Waals surface area contributed by atoms with Gasteiger partial charge in [0.25, 0.3) is 5.91 Å². The molecule has 0 saturated heterocycles. The van der Waals surface area contributed by atoms with Gasteiger partial charge in [-0.15, -0.1) is 0 Å². The average molecular weight is 389 g/mol. The van der Waals surface area contributed by atoms with Crippen molar-refractivity contribution >= 4 is 17.5 Å². The van der Waals surface area contributed by atoms with Crippen molar-refractivity contribution < 1.29 is 9.53 Å². The number of hydrogen-bond donors (Lipinski definition) is 2. The smallest absolute Gasteiger partial charge is 0.255 e. The highest BCUT2D eigenvalue weighted by Gasteiger charge is 2.33. The Morgan fingerprint density at radius 1 is 1.14 bits per heavy atom. The molecule has 0 radical (unpaired) electrons. The summed E-state index contributed by atoms with van der Waals surface area (Å²) in [6.07, 6.45) is 1.48. The van der Waals surface area contributed by atoms with Crippen LogP contribution in [0.5, 0.6) is 5.75 Å². The van der Waals surface area contributed by atoms with Crippen LogP contribution in [0, 0.1) is 13.8 Å². The molecule has 1 aliphatic rings. The first kappa shape index (κ1) is 18.7. The van der Waals surface area contributed by atoms with Crippen molar-refractivity contribution in [3.8, 4) is 5.75 Å². The van der Waals surface area contributed by atoms with E-state index in [0.29, 0.717) is 11.5 Å². The maximum atomic E-state index is 13.4. The van der Waals surface area contributed by atoms with E-state index in [4.69, 9.17) is 4.74 Å². The number of nitrogens with zero attached hydrogens (tertiary/aromatic N) is 3. The largest absolute Gasteiger partial charge is 0.497 e. The third kappa shape index (κ3) is 3.47. The second-order valence-electron chi connectivity index (χ2n) is 7.14. The number of ether oxygens (including phenoxy) is 1. The number of carbonyl (C=O) groups is 1. The highest BCUT2D eigenvalue weighted by Crippen LogP contribution is 2.35. The molecule has 0 aliphatic carbocycles. The molecule has 1 amide bonds. The lowest BCUT2D eigenvalue weighted by Crippen LogP contribution is -2.31. The maximum Gasteiger partial charge on any atom is 0.255 e. The van der Waals surface area contributed by atoms with Crippen LogP contribution in [0.4, 0.5) is 11.6 Å². The first-order valence-corrected chi connectivity index (χ1v) is 9.38. The fourth-order valence-electron chi connectivity index (χ4n) is 3.62. The minimum Gasteiger partial charge on any atom is -0.497 e. The molecule has 0 spiro atoms. The van der Waals surface area contributed by atoms with E-state index in [2.05, 4.69) is 20.7 Å². The second-order valence-corrected chi connectivity index (χ2v) is 7.14. The molecule has 0 unspecified atom stereocenters. The second kappa shape index (κ2) is 7.43. The predicted molar refractivity (Wildman–Crippen MR) is 112 cm³/mol. The van der Waals surface area contributed by atoms with E-state index in [1.165, 1.54) is 6.33 Å². The van der Waals surface area contributed by atoms with Gasteiger partial charge in [-0.05, 0) is 50.1 Å².